The van der Waals surface area contributed by atoms with Crippen molar-refractivity contribution in [1.82, 2.24) is 0 Å². The molecular formula is C34H54OSi. The fourth-order valence-electron chi connectivity index (χ4n) is 5.57. The fourth-order valence-corrected chi connectivity index (χ4v) is 10.3. The van der Waals surface area contributed by atoms with Gasteiger partial charge in [0.25, 0.3) is 8.32 Å². The van der Waals surface area contributed by atoms with Crippen LogP contribution in [-0.2, 0) is 4.43 Å². The molecule has 1 atom stereocenters. The summed E-state index contributed by atoms with van der Waals surface area (Å²) in [4.78, 5) is 0. The van der Waals surface area contributed by atoms with Gasteiger partial charge in [-0.3, -0.25) is 0 Å². The summed E-state index contributed by atoms with van der Waals surface area (Å²) in [5, 5.41) is 2.76. The number of hydrogen-bond donors (Lipinski definition) is 0. The second kappa shape index (κ2) is 17.0. The molecule has 0 bridgehead atoms. The van der Waals surface area contributed by atoms with Crippen LogP contribution in [0.3, 0.4) is 0 Å². The molecular weight excluding hydrogens is 452 g/mol. The molecule has 0 N–H and O–H groups in total. The van der Waals surface area contributed by atoms with Crippen molar-refractivity contribution in [3.05, 3.63) is 73.3 Å². The fraction of sp³-hybridized carbons (Fsp3) is 0.588. The maximum absolute atomic E-state index is 7.38. The Hall–Kier alpha value is -1.64. The third kappa shape index (κ3) is 9.67. The van der Waals surface area contributed by atoms with Crippen LogP contribution in [0.1, 0.15) is 118 Å². The lowest BCUT2D eigenvalue weighted by Crippen LogP contribution is -2.67. The lowest BCUT2D eigenvalue weighted by molar-refractivity contribution is 0.176. The van der Waals surface area contributed by atoms with Gasteiger partial charge in [-0.15, -0.1) is 6.58 Å². The zero-order valence-electron chi connectivity index (χ0n) is 23.9. The van der Waals surface area contributed by atoms with Crippen molar-refractivity contribution in [2.45, 2.75) is 129 Å². The lowest BCUT2D eigenvalue weighted by atomic mass is 10.0. The maximum atomic E-state index is 7.38. The maximum Gasteiger partial charge on any atom is 0.261 e. The second-order valence-electron chi connectivity index (χ2n) is 11.6. The summed E-state index contributed by atoms with van der Waals surface area (Å²) in [7, 11) is -2.50. The van der Waals surface area contributed by atoms with Crippen molar-refractivity contribution in [3.8, 4) is 0 Å². The van der Waals surface area contributed by atoms with Crippen molar-refractivity contribution in [3.63, 3.8) is 0 Å². The molecule has 0 spiro atoms. The minimum absolute atomic E-state index is 0.0195. The van der Waals surface area contributed by atoms with Crippen LogP contribution >= 0.6 is 0 Å². The van der Waals surface area contributed by atoms with Gasteiger partial charge >= 0.3 is 0 Å². The molecule has 2 heteroatoms. The van der Waals surface area contributed by atoms with Gasteiger partial charge in [-0.25, -0.2) is 0 Å². The Morgan fingerprint density at radius 2 is 1.11 bits per heavy atom. The number of benzene rings is 2. The van der Waals surface area contributed by atoms with E-state index in [2.05, 4.69) is 101 Å². The topological polar surface area (TPSA) is 9.23 Å². The van der Waals surface area contributed by atoms with Crippen LogP contribution in [0.5, 0.6) is 0 Å². The van der Waals surface area contributed by atoms with Gasteiger partial charge in [0.15, 0.2) is 0 Å². The Morgan fingerprint density at radius 3 is 1.50 bits per heavy atom. The van der Waals surface area contributed by atoms with E-state index in [1.54, 1.807) is 0 Å². The molecule has 2 aromatic carbocycles. The number of hydrogen-bond acceptors (Lipinski definition) is 1. The first-order valence-electron chi connectivity index (χ1n) is 14.9. The summed E-state index contributed by atoms with van der Waals surface area (Å²) in [5.74, 6) is 0. The molecule has 0 heterocycles. The zero-order chi connectivity index (χ0) is 26.1. The van der Waals surface area contributed by atoms with Gasteiger partial charge in [0.05, 0.1) is 0 Å². The SMILES string of the molecule is C=CC[C@@H](CCCCCCCCCCCCCC)O[Si](c1ccccc1)(c1ccccc1)C(C)(C)C. The van der Waals surface area contributed by atoms with Gasteiger partial charge in [-0.1, -0.05) is 171 Å². The second-order valence-corrected chi connectivity index (χ2v) is 15.9. The third-order valence-corrected chi connectivity index (χ3v) is 12.7. The van der Waals surface area contributed by atoms with Crippen LogP contribution in [0.15, 0.2) is 73.3 Å². The molecule has 0 aromatic heterocycles. The van der Waals surface area contributed by atoms with Crippen molar-refractivity contribution >= 4 is 18.7 Å². The number of rotatable bonds is 19. The van der Waals surface area contributed by atoms with E-state index in [9.17, 15) is 0 Å². The van der Waals surface area contributed by atoms with Gasteiger partial charge in [0.2, 0.25) is 0 Å². The summed E-state index contributed by atoms with van der Waals surface area (Å²) in [6.07, 6.45) is 20.9. The van der Waals surface area contributed by atoms with Gasteiger partial charge in [-0.05, 0) is 28.3 Å². The molecule has 36 heavy (non-hydrogen) atoms. The summed E-state index contributed by atoms with van der Waals surface area (Å²) in [6.45, 7) is 13.5. The molecule has 2 aromatic rings. The van der Waals surface area contributed by atoms with Gasteiger partial charge in [0.1, 0.15) is 0 Å². The van der Waals surface area contributed by atoms with E-state index in [4.69, 9.17) is 4.43 Å². The number of unbranched alkanes of at least 4 members (excludes halogenated alkanes) is 11. The highest BCUT2D eigenvalue weighted by molar-refractivity contribution is 6.99. The largest absolute Gasteiger partial charge is 0.404 e. The summed E-state index contributed by atoms with van der Waals surface area (Å²) >= 11 is 0. The predicted octanol–water partition coefficient (Wildman–Crippen LogP) is 9.60. The highest BCUT2D eigenvalue weighted by atomic mass is 28.4. The van der Waals surface area contributed by atoms with E-state index in [0.717, 1.165) is 12.8 Å². The molecule has 200 valence electrons. The Morgan fingerprint density at radius 1 is 0.694 bits per heavy atom. The lowest BCUT2D eigenvalue weighted by Gasteiger charge is -2.45. The third-order valence-electron chi connectivity index (χ3n) is 7.57. The van der Waals surface area contributed by atoms with Crippen LogP contribution < -0.4 is 10.4 Å². The minimum Gasteiger partial charge on any atom is -0.404 e. The average Bonchev–Trinajstić information content (AvgIpc) is 2.88. The highest BCUT2D eigenvalue weighted by Gasteiger charge is 2.51. The van der Waals surface area contributed by atoms with E-state index >= 15 is 0 Å². The Balaban J connectivity index is 1.96. The minimum atomic E-state index is -2.50. The molecule has 0 aliphatic rings. The Bertz CT molecular complexity index is 769. The van der Waals surface area contributed by atoms with Crippen LogP contribution in [0.4, 0.5) is 0 Å². The van der Waals surface area contributed by atoms with Crippen molar-refractivity contribution < 1.29 is 4.43 Å². The standard InChI is InChI=1S/C34H54OSi/c1-6-8-9-10-11-12-13-14-15-16-17-20-26-31(25-7-2)35-36(34(3,4)5,32-27-21-18-22-28-32)33-29-23-19-24-30-33/h7,18-19,21-24,27-31H,2,6,8-17,20,25-26H2,1,3-5H3/t31-/m0/s1. The first kappa shape index (κ1) is 30.6. The van der Waals surface area contributed by atoms with Gasteiger partial charge in [0, 0.05) is 6.10 Å². The Labute approximate surface area is 224 Å². The normalized spacial score (nSPS) is 13.0. The molecule has 0 aliphatic heterocycles. The molecule has 1 nitrogen and oxygen atoms in total. The van der Waals surface area contributed by atoms with Crippen LogP contribution in [0.25, 0.3) is 0 Å². The highest BCUT2D eigenvalue weighted by Crippen LogP contribution is 2.38. The Kier molecular flexibility index (Phi) is 14.4. The molecule has 0 saturated carbocycles. The molecule has 0 amide bonds. The van der Waals surface area contributed by atoms with Crippen LogP contribution in [0.2, 0.25) is 5.04 Å². The van der Waals surface area contributed by atoms with E-state index in [-0.39, 0.29) is 11.1 Å². The summed E-state index contributed by atoms with van der Waals surface area (Å²) < 4.78 is 7.38. The first-order chi connectivity index (χ1) is 17.5. The van der Waals surface area contributed by atoms with Crippen molar-refractivity contribution in [2.24, 2.45) is 0 Å². The van der Waals surface area contributed by atoms with Crippen LogP contribution in [-0.4, -0.2) is 14.4 Å². The summed E-state index contributed by atoms with van der Waals surface area (Å²) in [5.41, 5.74) is 0. The van der Waals surface area contributed by atoms with E-state index in [0.29, 0.717) is 0 Å². The molecule has 0 radical (unpaired) electrons. The van der Waals surface area contributed by atoms with Crippen molar-refractivity contribution in [2.75, 3.05) is 0 Å². The quantitative estimate of drug-likeness (QED) is 0.105. The molecule has 0 saturated heterocycles. The van der Waals surface area contributed by atoms with Crippen molar-refractivity contribution in [1.29, 1.82) is 0 Å². The molecule has 0 fully saturated rings. The molecule has 2 rings (SSSR count). The average molecular weight is 507 g/mol. The van der Waals surface area contributed by atoms with E-state index < -0.39 is 8.32 Å². The monoisotopic (exact) mass is 506 g/mol. The molecule has 0 unspecified atom stereocenters. The summed E-state index contributed by atoms with van der Waals surface area (Å²) in [6, 6.07) is 22.1. The predicted molar refractivity (Wildman–Crippen MR) is 163 cm³/mol. The van der Waals surface area contributed by atoms with E-state index in [1.165, 1.54) is 87.4 Å². The zero-order valence-corrected chi connectivity index (χ0v) is 24.9. The first-order valence-corrected chi connectivity index (χ1v) is 16.8. The van der Waals surface area contributed by atoms with Gasteiger partial charge in [-0.2, -0.15) is 0 Å². The molecule has 0 aliphatic carbocycles. The van der Waals surface area contributed by atoms with Crippen LogP contribution in [0, 0.1) is 0 Å². The van der Waals surface area contributed by atoms with E-state index in [1.807, 2.05) is 0 Å². The van der Waals surface area contributed by atoms with Gasteiger partial charge < -0.3 is 4.43 Å². The smallest absolute Gasteiger partial charge is 0.261 e.